The lowest BCUT2D eigenvalue weighted by Gasteiger charge is -2.41. The predicted octanol–water partition coefficient (Wildman–Crippen LogP) is 0.521. The van der Waals surface area contributed by atoms with Gasteiger partial charge in [0.1, 0.15) is 36.8 Å². The standard InChI is InChI=1S/C22H24N8O5S/c1-10-25-13-5-4-12(6-15(13)36-10)30-21(23-9-24-30)20-19(33)17(18(32)14(8-31)35-20)29-7-16(27-28-29)26-22(34)11-2-3-11/h4-7,9,11,14,17-20,31-33H,2-3,8H2,1H3,(H,26,34)/t14-,17+,18+,19-,20-/m1/s1. The summed E-state index contributed by atoms with van der Waals surface area (Å²) in [6.45, 7) is 1.44. The largest absolute Gasteiger partial charge is 0.394 e. The molecule has 1 amide bonds. The quantitative estimate of drug-likeness (QED) is 0.285. The summed E-state index contributed by atoms with van der Waals surface area (Å²) >= 11 is 1.55. The van der Waals surface area contributed by atoms with Gasteiger partial charge in [0.25, 0.3) is 0 Å². The number of rotatable bonds is 6. The zero-order valence-electron chi connectivity index (χ0n) is 19.2. The fourth-order valence-corrected chi connectivity index (χ4v) is 5.35. The minimum Gasteiger partial charge on any atom is -0.394 e. The van der Waals surface area contributed by atoms with E-state index in [1.807, 2.05) is 25.1 Å². The summed E-state index contributed by atoms with van der Waals surface area (Å²) in [4.78, 5) is 20.9. The molecule has 36 heavy (non-hydrogen) atoms. The van der Waals surface area contributed by atoms with Crippen LogP contribution in [0.25, 0.3) is 15.9 Å². The van der Waals surface area contributed by atoms with E-state index >= 15 is 0 Å². The summed E-state index contributed by atoms with van der Waals surface area (Å²) in [5.74, 6) is 0.353. The van der Waals surface area contributed by atoms with E-state index in [1.54, 1.807) is 16.0 Å². The fourth-order valence-electron chi connectivity index (χ4n) is 4.49. The maximum atomic E-state index is 12.1. The van der Waals surface area contributed by atoms with E-state index in [0.29, 0.717) is 11.5 Å². The zero-order chi connectivity index (χ0) is 25.0. The molecule has 1 aliphatic carbocycles. The van der Waals surface area contributed by atoms with Crippen molar-refractivity contribution in [2.75, 3.05) is 11.9 Å². The number of thiazole rings is 1. The van der Waals surface area contributed by atoms with Crippen molar-refractivity contribution in [2.45, 2.75) is 50.2 Å². The predicted molar refractivity (Wildman–Crippen MR) is 126 cm³/mol. The van der Waals surface area contributed by atoms with Gasteiger partial charge in [-0.05, 0) is 38.0 Å². The first-order valence-corrected chi connectivity index (χ1v) is 12.4. The van der Waals surface area contributed by atoms with Crippen LogP contribution in [-0.2, 0) is 9.53 Å². The van der Waals surface area contributed by atoms with E-state index in [0.717, 1.165) is 28.1 Å². The Labute approximate surface area is 208 Å². The molecule has 4 N–H and O–H groups in total. The molecule has 1 aliphatic heterocycles. The molecule has 0 spiro atoms. The third-order valence-corrected chi connectivity index (χ3v) is 7.39. The summed E-state index contributed by atoms with van der Waals surface area (Å²) in [6.07, 6.45) is -0.237. The van der Waals surface area contributed by atoms with Crippen molar-refractivity contribution in [1.29, 1.82) is 0 Å². The highest BCUT2D eigenvalue weighted by atomic mass is 32.1. The molecule has 13 nitrogen and oxygen atoms in total. The van der Waals surface area contributed by atoms with Crippen molar-refractivity contribution in [3.05, 3.63) is 41.6 Å². The van der Waals surface area contributed by atoms with Gasteiger partial charge < -0.3 is 25.4 Å². The SMILES string of the molecule is Cc1nc2ccc(-n3ncnc3[C@@H]3O[C@H](CO)[C@H](O)[C@H](n4cc(NC(=O)C5CC5)nn4)[C@H]3O)cc2s1. The molecule has 188 valence electrons. The van der Waals surface area contributed by atoms with Gasteiger partial charge in [0.05, 0.1) is 33.7 Å². The Morgan fingerprint density at radius 1 is 1.28 bits per heavy atom. The Morgan fingerprint density at radius 2 is 2.11 bits per heavy atom. The number of amides is 1. The molecule has 1 saturated heterocycles. The number of hydrogen-bond donors (Lipinski definition) is 4. The zero-order valence-corrected chi connectivity index (χ0v) is 20.0. The number of fused-ring (bicyclic) bond motifs is 1. The second-order valence-electron chi connectivity index (χ2n) is 9.01. The first-order valence-electron chi connectivity index (χ1n) is 11.6. The van der Waals surface area contributed by atoms with E-state index in [2.05, 4.69) is 30.7 Å². The number of aliphatic hydroxyl groups is 3. The molecular weight excluding hydrogens is 488 g/mol. The third kappa shape index (κ3) is 4.06. The Hall–Kier alpha value is -3.30. The Bertz CT molecular complexity index is 1410. The summed E-state index contributed by atoms with van der Waals surface area (Å²) in [5.41, 5.74) is 1.57. The molecule has 2 fully saturated rings. The van der Waals surface area contributed by atoms with Crippen LogP contribution >= 0.6 is 11.3 Å². The smallest absolute Gasteiger partial charge is 0.228 e. The number of ether oxygens (including phenoxy) is 1. The number of aromatic nitrogens is 7. The van der Waals surface area contributed by atoms with Crippen molar-refractivity contribution < 1.29 is 24.9 Å². The van der Waals surface area contributed by atoms with Crippen molar-refractivity contribution in [3.63, 3.8) is 0 Å². The van der Waals surface area contributed by atoms with Crippen molar-refractivity contribution >= 4 is 33.3 Å². The minimum absolute atomic E-state index is 0.0167. The van der Waals surface area contributed by atoms with Gasteiger partial charge in [-0.15, -0.1) is 16.4 Å². The van der Waals surface area contributed by atoms with Gasteiger partial charge in [-0.1, -0.05) is 5.21 Å². The molecule has 3 aromatic heterocycles. The van der Waals surface area contributed by atoms with Crippen molar-refractivity contribution in [2.24, 2.45) is 5.92 Å². The summed E-state index contributed by atoms with van der Waals surface area (Å²) in [6, 6.07) is 4.62. The highest BCUT2D eigenvalue weighted by molar-refractivity contribution is 7.18. The third-order valence-electron chi connectivity index (χ3n) is 6.46. The van der Waals surface area contributed by atoms with Gasteiger partial charge >= 0.3 is 0 Å². The number of carbonyl (C=O) groups is 1. The molecule has 2 aliphatic rings. The molecule has 4 aromatic rings. The van der Waals surface area contributed by atoms with Gasteiger partial charge in [0, 0.05) is 5.92 Å². The summed E-state index contributed by atoms with van der Waals surface area (Å²) < 4.78 is 9.71. The van der Waals surface area contributed by atoms with Crippen LogP contribution in [0.3, 0.4) is 0 Å². The Kier molecular flexibility index (Phi) is 5.76. The maximum Gasteiger partial charge on any atom is 0.228 e. The number of aryl methyl sites for hydroxylation is 1. The van der Waals surface area contributed by atoms with Gasteiger partial charge in [0.15, 0.2) is 11.6 Å². The number of anilines is 1. The van der Waals surface area contributed by atoms with Crippen molar-refractivity contribution in [3.8, 4) is 5.69 Å². The van der Waals surface area contributed by atoms with Crippen LogP contribution in [0.1, 0.15) is 35.8 Å². The van der Waals surface area contributed by atoms with Gasteiger partial charge in [-0.3, -0.25) is 4.79 Å². The number of benzene rings is 1. The Morgan fingerprint density at radius 3 is 2.89 bits per heavy atom. The highest BCUT2D eigenvalue weighted by Crippen LogP contribution is 2.38. The van der Waals surface area contributed by atoms with E-state index in [1.165, 1.54) is 17.2 Å². The topological polar surface area (TPSA) is 173 Å². The fraction of sp³-hybridized carbons (Fsp3) is 0.455. The lowest BCUT2D eigenvalue weighted by molar-refractivity contribution is -0.210. The minimum atomic E-state index is -1.33. The molecular formula is C22H24N8O5S. The monoisotopic (exact) mass is 512 g/mol. The number of aliphatic hydroxyl groups excluding tert-OH is 3. The number of carbonyl (C=O) groups excluding carboxylic acids is 1. The lowest BCUT2D eigenvalue weighted by atomic mass is 9.92. The van der Waals surface area contributed by atoms with Crippen molar-refractivity contribution in [1.82, 2.24) is 34.7 Å². The average molecular weight is 513 g/mol. The summed E-state index contributed by atoms with van der Waals surface area (Å²) in [5, 5.41) is 48.1. The molecule has 0 radical (unpaired) electrons. The molecule has 0 unspecified atom stereocenters. The number of nitrogens with one attached hydrogen (secondary N) is 1. The van der Waals surface area contributed by atoms with E-state index in [9.17, 15) is 20.1 Å². The van der Waals surface area contributed by atoms with Gasteiger partial charge in [0.2, 0.25) is 5.91 Å². The molecule has 6 rings (SSSR count). The molecule has 1 saturated carbocycles. The van der Waals surface area contributed by atoms with Crippen LogP contribution in [-0.4, -0.2) is 80.9 Å². The maximum absolute atomic E-state index is 12.1. The van der Waals surface area contributed by atoms with Gasteiger partial charge in [-0.25, -0.2) is 19.3 Å². The highest BCUT2D eigenvalue weighted by Gasteiger charge is 2.48. The van der Waals surface area contributed by atoms with Crippen LogP contribution in [0.4, 0.5) is 5.82 Å². The first kappa shape index (κ1) is 23.1. The normalized spacial score (nSPS) is 26.4. The van der Waals surface area contributed by atoms with Crippen LogP contribution < -0.4 is 5.32 Å². The molecule has 4 heterocycles. The van der Waals surface area contributed by atoms with E-state index in [-0.39, 0.29) is 17.6 Å². The van der Waals surface area contributed by atoms with Crippen LogP contribution in [0.15, 0.2) is 30.7 Å². The Balaban J connectivity index is 1.32. The van der Waals surface area contributed by atoms with Crippen LogP contribution in [0.2, 0.25) is 0 Å². The molecule has 1 aromatic carbocycles. The van der Waals surface area contributed by atoms with E-state index in [4.69, 9.17) is 4.74 Å². The second kappa shape index (κ2) is 8.97. The first-order chi connectivity index (χ1) is 17.4. The van der Waals surface area contributed by atoms with E-state index < -0.39 is 37.1 Å². The lowest BCUT2D eigenvalue weighted by Crippen LogP contribution is -2.53. The van der Waals surface area contributed by atoms with Crippen LogP contribution in [0.5, 0.6) is 0 Å². The molecule has 14 heteroatoms. The average Bonchev–Trinajstić information content (AvgIpc) is 3.24. The number of nitrogens with zero attached hydrogens (tertiary/aromatic N) is 7. The summed E-state index contributed by atoms with van der Waals surface area (Å²) in [7, 11) is 0. The molecule has 0 bridgehead atoms. The van der Waals surface area contributed by atoms with Gasteiger partial charge in [-0.2, -0.15) is 5.10 Å². The van der Waals surface area contributed by atoms with Crippen LogP contribution in [0, 0.1) is 12.8 Å². The second-order valence-corrected chi connectivity index (χ2v) is 10.2. The number of hydrogen-bond acceptors (Lipinski definition) is 11. The molecule has 5 atom stereocenters.